The van der Waals surface area contributed by atoms with Crippen LogP contribution in [0.4, 0.5) is 0 Å². The summed E-state index contributed by atoms with van der Waals surface area (Å²) in [6.45, 7) is 5.24. The van der Waals surface area contributed by atoms with Gasteiger partial charge in [0.25, 0.3) is 0 Å². The van der Waals surface area contributed by atoms with Crippen LogP contribution in [-0.4, -0.2) is 36.5 Å². The second-order valence-electron chi connectivity index (χ2n) is 4.82. The van der Waals surface area contributed by atoms with E-state index in [1.165, 1.54) is 25.7 Å². The predicted octanol–water partition coefficient (Wildman–Crippen LogP) is 1.39. The van der Waals surface area contributed by atoms with E-state index in [-0.39, 0.29) is 0 Å². The van der Waals surface area contributed by atoms with Gasteiger partial charge in [0.05, 0.1) is 0 Å². The van der Waals surface area contributed by atoms with Crippen molar-refractivity contribution in [3.05, 3.63) is 0 Å². The maximum Gasteiger partial charge on any atom is 0.222 e. The SMILES string of the molecule is CCC(=O)N(CC1CCNCC1)C1CC1. The largest absolute Gasteiger partial charge is 0.339 e. The Morgan fingerprint density at radius 1 is 1.27 bits per heavy atom. The third-order valence-electron chi connectivity index (χ3n) is 3.52. The van der Waals surface area contributed by atoms with Crippen LogP contribution in [0.25, 0.3) is 0 Å². The molecule has 3 nitrogen and oxygen atoms in total. The highest BCUT2D eigenvalue weighted by Gasteiger charge is 2.33. The van der Waals surface area contributed by atoms with E-state index in [2.05, 4.69) is 10.2 Å². The van der Waals surface area contributed by atoms with Crippen LogP contribution in [0.15, 0.2) is 0 Å². The van der Waals surface area contributed by atoms with Crippen LogP contribution in [0, 0.1) is 5.92 Å². The van der Waals surface area contributed by atoms with Gasteiger partial charge < -0.3 is 10.2 Å². The molecule has 1 saturated heterocycles. The summed E-state index contributed by atoms with van der Waals surface area (Å²) in [4.78, 5) is 13.9. The first-order valence-corrected chi connectivity index (χ1v) is 6.31. The molecule has 1 aliphatic carbocycles. The minimum Gasteiger partial charge on any atom is -0.339 e. The van der Waals surface area contributed by atoms with E-state index in [0.717, 1.165) is 25.6 Å². The molecule has 2 aliphatic rings. The molecule has 1 heterocycles. The zero-order valence-electron chi connectivity index (χ0n) is 9.67. The molecule has 15 heavy (non-hydrogen) atoms. The molecule has 0 aromatic rings. The summed E-state index contributed by atoms with van der Waals surface area (Å²) >= 11 is 0. The van der Waals surface area contributed by atoms with E-state index >= 15 is 0 Å². The van der Waals surface area contributed by atoms with Gasteiger partial charge in [-0.2, -0.15) is 0 Å². The number of piperidine rings is 1. The van der Waals surface area contributed by atoms with Crippen molar-refractivity contribution in [1.29, 1.82) is 0 Å². The lowest BCUT2D eigenvalue weighted by molar-refractivity contribution is -0.132. The predicted molar refractivity (Wildman–Crippen MR) is 60.6 cm³/mol. The number of rotatable bonds is 4. The van der Waals surface area contributed by atoms with Crippen molar-refractivity contribution < 1.29 is 4.79 Å². The Morgan fingerprint density at radius 3 is 2.47 bits per heavy atom. The van der Waals surface area contributed by atoms with Crippen molar-refractivity contribution in [2.24, 2.45) is 5.92 Å². The highest BCUT2D eigenvalue weighted by atomic mass is 16.2. The van der Waals surface area contributed by atoms with E-state index < -0.39 is 0 Å². The molecule has 1 aliphatic heterocycles. The molecule has 2 fully saturated rings. The van der Waals surface area contributed by atoms with Crippen molar-refractivity contribution in [3.63, 3.8) is 0 Å². The number of carbonyl (C=O) groups is 1. The van der Waals surface area contributed by atoms with E-state index in [1.807, 2.05) is 6.92 Å². The third-order valence-corrected chi connectivity index (χ3v) is 3.52. The van der Waals surface area contributed by atoms with E-state index in [0.29, 0.717) is 18.4 Å². The first-order chi connectivity index (χ1) is 7.31. The summed E-state index contributed by atoms with van der Waals surface area (Å²) in [7, 11) is 0. The molecule has 0 aromatic carbocycles. The van der Waals surface area contributed by atoms with Crippen molar-refractivity contribution >= 4 is 5.91 Å². The first kappa shape index (κ1) is 10.9. The van der Waals surface area contributed by atoms with Crippen molar-refractivity contribution in [2.75, 3.05) is 19.6 Å². The zero-order chi connectivity index (χ0) is 10.7. The van der Waals surface area contributed by atoms with E-state index in [4.69, 9.17) is 0 Å². The molecule has 0 bridgehead atoms. The first-order valence-electron chi connectivity index (χ1n) is 6.31. The molecule has 1 saturated carbocycles. The van der Waals surface area contributed by atoms with Crippen LogP contribution in [0.1, 0.15) is 39.0 Å². The van der Waals surface area contributed by atoms with Gasteiger partial charge in [-0.05, 0) is 44.7 Å². The van der Waals surface area contributed by atoms with Crippen LogP contribution >= 0.6 is 0 Å². The summed E-state index contributed by atoms with van der Waals surface area (Å²) in [6, 6.07) is 0.590. The van der Waals surface area contributed by atoms with Crippen LogP contribution in [0.5, 0.6) is 0 Å². The highest BCUT2D eigenvalue weighted by Crippen LogP contribution is 2.29. The second-order valence-corrected chi connectivity index (χ2v) is 4.82. The highest BCUT2D eigenvalue weighted by molar-refractivity contribution is 5.76. The fourth-order valence-electron chi connectivity index (χ4n) is 2.39. The zero-order valence-corrected chi connectivity index (χ0v) is 9.67. The Balaban J connectivity index is 1.84. The number of amides is 1. The Labute approximate surface area is 92.2 Å². The number of carbonyl (C=O) groups excluding carboxylic acids is 1. The minimum absolute atomic E-state index is 0.357. The summed E-state index contributed by atoms with van der Waals surface area (Å²) in [5, 5.41) is 3.37. The van der Waals surface area contributed by atoms with Gasteiger partial charge >= 0.3 is 0 Å². The molecule has 1 amide bonds. The van der Waals surface area contributed by atoms with Crippen LogP contribution < -0.4 is 5.32 Å². The molecular weight excluding hydrogens is 188 g/mol. The van der Waals surface area contributed by atoms with Crippen LogP contribution in [0.2, 0.25) is 0 Å². The summed E-state index contributed by atoms with van der Waals surface area (Å²) in [5.74, 6) is 1.10. The molecule has 1 N–H and O–H groups in total. The minimum atomic E-state index is 0.357. The lowest BCUT2D eigenvalue weighted by atomic mass is 9.97. The number of hydrogen-bond donors (Lipinski definition) is 1. The van der Waals surface area contributed by atoms with Gasteiger partial charge in [-0.15, -0.1) is 0 Å². The average molecular weight is 210 g/mol. The van der Waals surface area contributed by atoms with Gasteiger partial charge in [0, 0.05) is 19.0 Å². The molecule has 0 aromatic heterocycles. The van der Waals surface area contributed by atoms with Crippen LogP contribution in [-0.2, 0) is 4.79 Å². The van der Waals surface area contributed by atoms with Crippen molar-refractivity contribution in [3.8, 4) is 0 Å². The fraction of sp³-hybridized carbons (Fsp3) is 0.917. The van der Waals surface area contributed by atoms with E-state index in [9.17, 15) is 4.79 Å². The molecule has 0 atom stereocenters. The van der Waals surface area contributed by atoms with Gasteiger partial charge in [0.1, 0.15) is 0 Å². The molecule has 2 rings (SSSR count). The van der Waals surface area contributed by atoms with Gasteiger partial charge in [-0.25, -0.2) is 0 Å². The average Bonchev–Trinajstić information content (AvgIpc) is 3.10. The second kappa shape index (κ2) is 4.97. The summed E-state index contributed by atoms with van der Waals surface area (Å²) in [5.41, 5.74) is 0. The standard InChI is InChI=1S/C12H22N2O/c1-2-12(15)14(11-3-4-11)9-10-5-7-13-8-6-10/h10-11,13H,2-9H2,1H3. The monoisotopic (exact) mass is 210 g/mol. The summed E-state index contributed by atoms with van der Waals surface area (Å²) < 4.78 is 0. The third kappa shape index (κ3) is 2.94. The van der Waals surface area contributed by atoms with Gasteiger partial charge in [0.15, 0.2) is 0 Å². The Kier molecular flexibility index (Phi) is 3.62. The normalized spacial score (nSPS) is 22.7. The molecule has 0 spiro atoms. The van der Waals surface area contributed by atoms with E-state index in [1.54, 1.807) is 0 Å². The Hall–Kier alpha value is -0.570. The Bertz CT molecular complexity index is 220. The van der Waals surface area contributed by atoms with Crippen molar-refractivity contribution in [1.82, 2.24) is 10.2 Å². The topological polar surface area (TPSA) is 32.3 Å². The van der Waals surface area contributed by atoms with Crippen molar-refractivity contribution in [2.45, 2.75) is 45.1 Å². The Morgan fingerprint density at radius 2 is 1.93 bits per heavy atom. The lowest BCUT2D eigenvalue weighted by Crippen LogP contribution is -2.40. The quantitative estimate of drug-likeness (QED) is 0.760. The smallest absolute Gasteiger partial charge is 0.222 e. The van der Waals surface area contributed by atoms with Gasteiger partial charge in [0.2, 0.25) is 5.91 Å². The fourth-order valence-corrected chi connectivity index (χ4v) is 2.39. The summed E-state index contributed by atoms with van der Waals surface area (Å²) in [6.07, 6.45) is 5.61. The molecule has 86 valence electrons. The van der Waals surface area contributed by atoms with Gasteiger partial charge in [-0.3, -0.25) is 4.79 Å². The van der Waals surface area contributed by atoms with Crippen LogP contribution in [0.3, 0.4) is 0 Å². The number of nitrogens with zero attached hydrogens (tertiary/aromatic N) is 1. The maximum atomic E-state index is 11.8. The number of hydrogen-bond acceptors (Lipinski definition) is 2. The molecule has 3 heteroatoms. The van der Waals surface area contributed by atoms with Gasteiger partial charge in [-0.1, -0.05) is 6.92 Å². The molecular formula is C12H22N2O. The lowest BCUT2D eigenvalue weighted by Gasteiger charge is -2.30. The molecule has 0 unspecified atom stereocenters. The maximum absolute atomic E-state index is 11.8. The number of nitrogens with one attached hydrogen (secondary N) is 1. The molecule has 0 radical (unpaired) electrons.